The highest BCUT2D eigenvalue weighted by Crippen LogP contribution is 2.24. The molecule has 0 aromatic heterocycles. The van der Waals surface area contributed by atoms with E-state index in [-0.39, 0.29) is 16.4 Å². The van der Waals surface area contributed by atoms with Crippen molar-refractivity contribution in [2.24, 2.45) is 0 Å². The fourth-order valence-electron chi connectivity index (χ4n) is 3.42. The summed E-state index contributed by atoms with van der Waals surface area (Å²) in [5.74, 6) is -0.352. The van der Waals surface area contributed by atoms with Gasteiger partial charge in [-0.15, -0.1) is 0 Å². The minimum absolute atomic E-state index is 0.0842. The van der Waals surface area contributed by atoms with Crippen LogP contribution < -0.4 is 10.0 Å². The first-order valence-corrected chi connectivity index (χ1v) is 12.3. The summed E-state index contributed by atoms with van der Waals surface area (Å²) < 4.78 is 28.9. The Morgan fingerprint density at radius 2 is 1.56 bits per heavy atom. The summed E-state index contributed by atoms with van der Waals surface area (Å²) in [4.78, 5) is 12.9. The molecule has 3 aromatic carbocycles. The van der Waals surface area contributed by atoms with E-state index in [2.05, 4.69) is 17.0 Å². The summed E-state index contributed by atoms with van der Waals surface area (Å²) in [6.45, 7) is 7.63. The molecular formula is C26H30N2O3S. The summed E-state index contributed by atoms with van der Waals surface area (Å²) in [6, 6.07) is 18.1. The molecule has 168 valence electrons. The van der Waals surface area contributed by atoms with Gasteiger partial charge in [-0.2, -0.15) is 0 Å². The number of amides is 1. The highest BCUT2D eigenvalue weighted by atomic mass is 32.2. The second-order valence-corrected chi connectivity index (χ2v) is 9.81. The fourth-order valence-corrected chi connectivity index (χ4v) is 4.81. The number of unbranched alkanes of at least 4 members (excludes halogenated alkanes) is 1. The summed E-state index contributed by atoms with van der Waals surface area (Å²) in [7, 11) is -3.86. The number of hydrogen-bond acceptors (Lipinski definition) is 3. The predicted molar refractivity (Wildman–Crippen MR) is 131 cm³/mol. The number of aryl methyl sites for hydroxylation is 4. The molecule has 5 nitrogen and oxygen atoms in total. The van der Waals surface area contributed by atoms with Crippen molar-refractivity contribution in [2.45, 2.75) is 51.9 Å². The number of carbonyl (C=O) groups is 1. The number of anilines is 2. The molecule has 0 radical (unpaired) electrons. The van der Waals surface area contributed by atoms with E-state index in [1.54, 1.807) is 25.1 Å². The molecule has 2 N–H and O–H groups in total. The van der Waals surface area contributed by atoms with Gasteiger partial charge in [0.15, 0.2) is 0 Å². The van der Waals surface area contributed by atoms with Crippen LogP contribution >= 0.6 is 0 Å². The molecule has 0 spiro atoms. The molecule has 32 heavy (non-hydrogen) atoms. The number of sulfonamides is 1. The van der Waals surface area contributed by atoms with Gasteiger partial charge in [-0.3, -0.25) is 9.52 Å². The van der Waals surface area contributed by atoms with Crippen molar-refractivity contribution in [3.8, 4) is 0 Å². The van der Waals surface area contributed by atoms with E-state index >= 15 is 0 Å². The van der Waals surface area contributed by atoms with E-state index in [1.165, 1.54) is 11.6 Å². The van der Waals surface area contributed by atoms with Crippen LogP contribution in [0, 0.1) is 20.8 Å². The van der Waals surface area contributed by atoms with Gasteiger partial charge in [0.2, 0.25) is 0 Å². The standard InChI is InChI=1S/C26H30N2O3S/c1-5-6-7-21-11-14-23(15-12-21)27-26(29)22-13-10-20(4)25(17-22)32(30,31)28-24-16-18(2)8-9-19(24)3/h8-17,28H,5-7H2,1-4H3,(H,27,29). The maximum Gasteiger partial charge on any atom is 0.262 e. The second kappa shape index (κ2) is 10.0. The van der Waals surface area contributed by atoms with Crippen molar-refractivity contribution in [1.29, 1.82) is 0 Å². The zero-order chi connectivity index (χ0) is 23.3. The Morgan fingerprint density at radius 1 is 0.875 bits per heavy atom. The second-order valence-electron chi connectivity index (χ2n) is 8.16. The molecule has 1 amide bonds. The molecule has 6 heteroatoms. The van der Waals surface area contributed by atoms with Crippen LogP contribution in [0.15, 0.2) is 65.6 Å². The molecule has 0 atom stereocenters. The van der Waals surface area contributed by atoms with Crippen LogP contribution in [0.1, 0.15) is 52.4 Å². The van der Waals surface area contributed by atoms with Crippen molar-refractivity contribution in [3.63, 3.8) is 0 Å². The smallest absolute Gasteiger partial charge is 0.262 e. The van der Waals surface area contributed by atoms with Gasteiger partial charge in [0.25, 0.3) is 15.9 Å². The van der Waals surface area contributed by atoms with Gasteiger partial charge in [0.05, 0.1) is 10.6 Å². The van der Waals surface area contributed by atoms with Gasteiger partial charge in [-0.1, -0.05) is 43.7 Å². The van der Waals surface area contributed by atoms with Crippen LogP contribution in [0.4, 0.5) is 11.4 Å². The first kappa shape index (κ1) is 23.5. The lowest BCUT2D eigenvalue weighted by atomic mass is 10.1. The summed E-state index contributed by atoms with van der Waals surface area (Å²) >= 11 is 0. The number of carbonyl (C=O) groups excluding carboxylic acids is 1. The molecule has 3 rings (SSSR count). The van der Waals surface area contributed by atoms with Gasteiger partial charge in [0, 0.05) is 11.3 Å². The van der Waals surface area contributed by atoms with Gasteiger partial charge in [-0.05, 0) is 86.2 Å². The third-order valence-electron chi connectivity index (χ3n) is 5.41. The lowest BCUT2D eigenvalue weighted by Crippen LogP contribution is -2.17. The predicted octanol–water partition coefficient (Wildman–Crippen LogP) is 6.01. The van der Waals surface area contributed by atoms with E-state index in [4.69, 9.17) is 0 Å². The monoisotopic (exact) mass is 450 g/mol. The van der Waals surface area contributed by atoms with Crippen molar-refractivity contribution in [2.75, 3.05) is 10.0 Å². The zero-order valence-corrected chi connectivity index (χ0v) is 19.8. The van der Waals surface area contributed by atoms with Crippen molar-refractivity contribution in [3.05, 3.63) is 88.5 Å². The van der Waals surface area contributed by atoms with E-state index in [0.29, 0.717) is 16.9 Å². The Morgan fingerprint density at radius 3 is 2.25 bits per heavy atom. The average molecular weight is 451 g/mol. The van der Waals surface area contributed by atoms with Crippen molar-refractivity contribution < 1.29 is 13.2 Å². The molecule has 0 heterocycles. The highest BCUT2D eigenvalue weighted by Gasteiger charge is 2.20. The van der Waals surface area contributed by atoms with E-state index in [0.717, 1.165) is 30.4 Å². The molecule has 0 aliphatic heterocycles. The fraction of sp³-hybridized carbons (Fsp3) is 0.269. The quantitative estimate of drug-likeness (QED) is 0.441. The minimum Gasteiger partial charge on any atom is -0.322 e. The van der Waals surface area contributed by atoms with Crippen molar-refractivity contribution in [1.82, 2.24) is 0 Å². The number of hydrogen-bond donors (Lipinski definition) is 2. The topological polar surface area (TPSA) is 75.3 Å². The summed E-state index contributed by atoms with van der Waals surface area (Å²) in [5, 5.41) is 2.85. The zero-order valence-electron chi connectivity index (χ0n) is 19.0. The first-order valence-electron chi connectivity index (χ1n) is 10.8. The SMILES string of the molecule is CCCCc1ccc(NC(=O)c2ccc(C)c(S(=O)(=O)Nc3cc(C)ccc3C)c2)cc1. The van der Waals surface area contributed by atoms with Crippen LogP contribution in [0.3, 0.4) is 0 Å². The van der Waals surface area contributed by atoms with Crippen LogP contribution in [0.2, 0.25) is 0 Å². The molecule has 3 aromatic rings. The third-order valence-corrected chi connectivity index (χ3v) is 6.92. The Hall–Kier alpha value is -3.12. The molecule has 0 bridgehead atoms. The van der Waals surface area contributed by atoms with Gasteiger partial charge in [0.1, 0.15) is 0 Å². The van der Waals surface area contributed by atoms with Gasteiger partial charge in [-0.25, -0.2) is 8.42 Å². The van der Waals surface area contributed by atoms with Gasteiger partial charge < -0.3 is 5.32 Å². The lowest BCUT2D eigenvalue weighted by molar-refractivity contribution is 0.102. The van der Waals surface area contributed by atoms with E-state index < -0.39 is 10.0 Å². The first-order chi connectivity index (χ1) is 15.2. The largest absolute Gasteiger partial charge is 0.322 e. The molecule has 0 fully saturated rings. The Balaban J connectivity index is 1.81. The van der Waals surface area contributed by atoms with E-state index in [1.807, 2.05) is 50.2 Å². The maximum atomic E-state index is 13.1. The molecule has 0 aliphatic rings. The average Bonchev–Trinajstić information content (AvgIpc) is 2.75. The molecule has 0 saturated carbocycles. The van der Waals surface area contributed by atoms with Gasteiger partial charge >= 0.3 is 0 Å². The molecule has 0 unspecified atom stereocenters. The molecule has 0 aliphatic carbocycles. The minimum atomic E-state index is -3.86. The van der Waals surface area contributed by atoms with Crippen LogP contribution in [0.5, 0.6) is 0 Å². The lowest BCUT2D eigenvalue weighted by Gasteiger charge is -2.14. The highest BCUT2D eigenvalue weighted by molar-refractivity contribution is 7.92. The van der Waals surface area contributed by atoms with Crippen LogP contribution in [-0.2, 0) is 16.4 Å². The Kier molecular flexibility index (Phi) is 7.36. The maximum absolute atomic E-state index is 13.1. The molecule has 0 saturated heterocycles. The van der Waals surface area contributed by atoms with Crippen LogP contribution in [0.25, 0.3) is 0 Å². The van der Waals surface area contributed by atoms with Crippen LogP contribution in [-0.4, -0.2) is 14.3 Å². The number of benzene rings is 3. The summed E-state index contributed by atoms with van der Waals surface area (Å²) in [6.07, 6.45) is 3.27. The Labute approximate surface area is 190 Å². The van der Waals surface area contributed by atoms with E-state index in [9.17, 15) is 13.2 Å². The summed E-state index contributed by atoms with van der Waals surface area (Å²) in [5.41, 5.74) is 5.07. The number of nitrogens with one attached hydrogen (secondary N) is 2. The van der Waals surface area contributed by atoms with Crippen molar-refractivity contribution >= 4 is 27.3 Å². The Bertz CT molecular complexity index is 1220. The number of rotatable bonds is 8. The third kappa shape index (κ3) is 5.77. The normalized spacial score (nSPS) is 11.2. The molecular weight excluding hydrogens is 420 g/mol.